The Hall–Kier alpha value is -2.96. The zero-order valence-electron chi connectivity index (χ0n) is 13.5. The van der Waals surface area contributed by atoms with Gasteiger partial charge in [-0.2, -0.15) is 0 Å². The second kappa shape index (κ2) is 7.29. The summed E-state index contributed by atoms with van der Waals surface area (Å²) in [7, 11) is 0. The molecule has 1 aliphatic rings. The van der Waals surface area contributed by atoms with Crippen molar-refractivity contribution in [2.75, 3.05) is 18.0 Å². The fourth-order valence-corrected chi connectivity index (χ4v) is 3.09. The molecule has 0 aliphatic carbocycles. The van der Waals surface area contributed by atoms with Crippen LogP contribution in [0.1, 0.15) is 23.2 Å². The standard InChI is InChI=1S/C18H18FN3O3/c19-13-5-3-7-15(11-13)21-10-4-6-14(12-21)20-18(23)16-8-1-2-9-17(16)22(24)25/h1-3,5,7-9,11,14H,4,6,10,12H2,(H,20,23). The minimum Gasteiger partial charge on any atom is -0.369 e. The second-order valence-electron chi connectivity index (χ2n) is 6.01. The van der Waals surface area contributed by atoms with Crippen LogP contribution in [0.25, 0.3) is 0 Å². The third-order valence-corrected chi connectivity index (χ3v) is 4.28. The Morgan fingerprint density at radius 1 is 1.24 bits per heavy atom. The Morgan fingerprint density at radius 3 is 2.80 bits per heavy atom. The van der Waals surface area contributed by atoms with Crippen LogP contribution in [0, 0.1) is 15.9 Å². The number of halogens is 1. The molecule has 6 nitrogen and oxygen atoms in total. The number of nitro groups is 1. The van der Waals surface area contributed by atoms with Gasteiger partial charge in [0.05, 0.1) is 4.92 Å². The molecule has 1 fully saturated rings. The fraction of sp³-hybridized carbons (Fsp3) is 0.278. The van der Waals surface area contributed by atoms with Crippen molar-refractivity contribution in [2.24, 2.45) is 0 Å². The van der Waals surface area contributed by atoms with Crippen molar-refractivity contribution in [3.63, 3.8) is 0 Å². The molecule has 0 saturated carbocycles. The van der Waals surface area contributed by atoms with Gasteiger partial charge in [0.15, 0.2) is 0 Å². The number of nitrogens with one attached hydrogen (secondary N) is 1. The van der Waals surface area contributed by atoms with Gasteiger partial charge in [0.25, 0.3) is 11.6 Å². The zero-order chi connectivity index (χ0) is 17.8. The number of hydrogen-bond acceptors (Lipinski definition) is 4. The Kier molecular flexibility index (Phi) is 4.92. The largest absolute Gasteiger partial charge is 0.369 e. The molecule has 3 rings (SSSR count). The molecule has 0 bridgehead atoms. The number of carbonyl (C=O) groups is 1. The van der Waals surface area contributed by atoms with Gasteiger partial charge in [-0.15, -0.1) is 0 Å². The molecule has 7 heteroatoms. The summed E-state index contributed by atoms with van der Waals surface area (Å²) in [5.74, 6) is -0.762. The molecule has 1 heterocycles. The Bertz CT molecular complexity index is 797. The summed E-state index contributed by atoms with van der Waals surface area (Å²) >= 11 is 0. The maximum atomic E-state index is 13.4. The highest BCUT2D eigenvalue weighted by Gasteiger charge is 2.25. The lowest BCUT2D eigenvalue weighted by Gasteiger charge is -2.34. The second-order valence-corrected chi connectivity index (χ2v) is 6.01. The van der Waals surface area contributed by atoms with Crippen molar-refractivity contribution >= 4 is 17.3 Å². The Balaban J connectivity index is 1.71. The number of carbonyl (C=O) groups excluding carboxylic acids is 1. The van der Waals surface area contributed by atoms with Crippen LogP contribution in [0.15, 0.2) is 48.5 Å². The van der Waals surface area contributed by atoms with E-state index in [1.165, 1.54) is 30.3 Å². The van der Waals surface area contributed by atoms with Crippen molar-refractivity contribution in [2.45, 2.75) is 18.9 Å². The molecule has 1 amide bonds. The first-order valence-electron chi connectivity index (χ1n) is 8.09. The molecule has 1 atom stereocenters. The van der Waals surface area contributed by atoms with Crippen molar-refractivity contribution in [3.8, 4) is 0 Å². The predicted molar refractivity (Wildman–Crippen MR) is 92.2 cm³/mol. The highest BCUT2D eigenvalue weighted by atomic mass is 19.1. The summed E-state index contributed by atoms with van der Waals surface area (Å²) in [5.41, 5.74) is 0.609. The molecule has 2 aromatic rings. The average Bonchev–Trinajstić information content (AvgIpc) is 2.62. The summed E-state index contributed by atoms with van der Waals surface area (Å²) in [6.07, 6.45) is 1.62. The summed E-state index contributed by atoms with van der Waals surface area (Å²) in [6.45, 7) is 1.32. The predicted octanol–water partition coefficient (Wildman–Crippen LogP) is 3.13. The van der Waals surface area contributed by atoms with E-state index >= 15 is 0 Å². The van der Waals surface area contributed by atoms with E-state index in [-0.39, 0.29) is 23.1 Å². The zero-order valence-corrected chi connectivity index (χ0v) is 13.5. The van der Waals surface area contributed by atoms with Crippen LogP contribution in [-0.4, -0.2) is 30.0 Å². The van der Waals surface area contributed by atoms with Gasteiger partial charge in [-0.1, -0.05) is 18.2 Å². The number of benzene rings is 2. The molecular formula is C18H18FN3O3. The molecule has 1 aliphatic heterocycles. The number of nitrogens with zero attached hydrogens (tertiary/aromatic N) is 2. The van der Waals surface area contributed by atoms with Crippen molar-refractivity contribution < 1.29 is 14.1 Å². The normalized spacial score (nSPS) is 17.2. The van der Waals surface area contributed by atoms with Gasteiger partial charge in [-0.3, -0.25) is 14.9 Å². The maximum absolute atomic E-state index is 13.4. The number of para-hydroxylation sites is 1. The van der Waals surface area contributed by atoms with Crippen LogP contribution in [-0.2, 0) is 0 Å². The number of rotatable bonds is 4. The molecule has 1 unspecified atom stereocenters. The van der Waals surface area contributed by atoms with E-state index in [0.29, 0.717) is 6.54 Å². The lowest BCUT2D eigenvalue weighted by Crippen LogP contribution is -2.48. The first kappa shape index (κ1) is 16.9. The van der Waals surface area contributed by atoms with E-state index in [4.69, 9.17) is 0 Å². The number of amides is 1. The summed E-state index contributed by atoms with van der Waals surface area (Å²) in [5, 5.41) is 13.9. The third kappa shape index (κ3) is 3.93. The van der Waals surface area contributed by atoms with Gasteiger partial charge >= 0.3 is 0 Å². The Morgan fingerprint density at radius 2 is 2.04 bits per heavy atom. The molecule has 1 N–H and O–H groups in total. The summed E-state index contributed by atoms with van der Waals surface area (Å²) < 4.78 is 13.4. The minimum atomic E-state index is -0.561. The van der Waals surface area contributed by atoms with Crippen LogP contribution < -0.4 is 10.2 Å². The number of hydrogen-bond donors (Lipinski definition) is 1. The van der Waals surface area contributed by atoms with Crippen molar-refractivity contribution in [3.05, 3.63) is 70.0 Å². The smallest absolute Gasteiger partial charge is 0.282 e. The number of anilines is 1. The van der Waals surface area contributed by atoms with Crippen LogP contribution in [0.4, 0.5) is 15.8 Å². The van der Waals surface area contributed by atoms with Crippen molar-refractivity contribution in [1.29, 1.82) is 0 Å². The van der Waals surface area contributed by atoms with E-state index in [1.807, 2.05) is 11.0 Å². The molecule has 0 spiro atoms. The van der Waals surface area contributed by atoms with Crippen LogP contribution in [0.3, 0.4) is 0 Å². The van der Waals surface area contributed by atoms with Gasteiger partial charge in [0.2, 0.25) is 0 Å². The number of nitro benzene ring substituents is 1. The van der Waals surface area contributed by atoms with E-state index in [0.717, 1.165) is 25.1 Å². The monoisotopic (exact) mass is 343 g/mol. The van der Waals surface area contributed by atoms with E-state index in [2.05, 4.69) is 5.32 Å². The van der Waals surface area contributed by atoms with Gasteiger partial charge < -0.3 is 10.2 Å². The van der Waals surface area contributed by atoms with Crippen LogP contribution >= 0.6 is 0 Å². The highest BCUT2D eigenvalue weighted by molar-refractivity contribution is 5.98. The highest BCUT2D eigenvalue weighted by Crippen LogP contribution is 2.22. The molecule has 2 aromatic carbocycles. The topological polar surface area (TPSA) is 75.5 Å². The molecule has 1 saturated heterocycles. The molecule has 25 heavy (non-hydrogen) atoms. The molecular weight excluding hydrogens is 325 g/mol. The molecule has 130 valence electrons. The van der Waals surface area contributed by atoms with Gasteiger partial charge in [-0.25, -0.2) is 4.39 Å². The quantitative estimate of drug-likeness (QED) is 0.683. The van der Waals surface area contributed by atoms with E-state index in [1.54, 1.807) is 12.1 Å². The lowest BCUT2D eigenvalue weighted by atomic mass is 10.0. The molecule has 0 aromatic heterocycles. The van der Waals surface area contributed by atoms with Crippen molar-refractivity contribution in [1.82, 2.24) is 5.32 Å². The van der Waals surface area contributed by atoms with E-state index < -0.39 is 10.8 Å². The summed E-state index contributed by atoms with van der Waals surface area (Å²) in [4.78, 5) is 25.0. The Labute approximate surface area is 144 Å². The van der Waals surface area contributed by atoms with Gasteiger partial charge in [0.1, 0.15) is 11.4 Å². The first-order valence-corrected chi connectivity index (χ1v) is 8.09. The summed E-state index contributed by atoms with van der Waals surface area (Å²) in [6, 6.07) is 12.1. The minimum absolute atomic E-state index is 0.0513. The number of piperidine rings is 1. The SMILES string of the molecule is O=C(NC1CCCN(c2cccc(F)c2)C1)c1ccccc1[N+](=O)[O-]. The van der Waals surface area contributed by atoms with Gasteiger partial charge in [-0.05, 0) is 37.1 Å². The van der Waals surface area contributed by atoms with Crippen LogP contribution in [0.2, 0.25) is 0 Å². The fourth-order valence-electron chi connectivity index (χ4n) is 3.09. The third-order valence-electron chi connectivity index (χ3n) is 4.28. The van der Waals surface area contributed by atoms with Gasteiger partial charge in [0, 0.05) is 30.9 Å². The van der Waals surface area contributed by atoms with E-state index in [9.17, 15) is 19.3 Å². The first-order chi connectivity index (χ1) is 12.0. The maximum Gasteiger partial charge on any atom is 0.282 e. The van der Waals surface area contributed by atoms with Crippen LogP contribution in [0.5, 0.6) is 0 Å². The lowest BCUT2D eigenvalue weighted by molar-refractivity contribution is -0.385. The average molecular weight is 343 g/mol. The molecule has 0 radical (unpaired) electrons.